The van der Waals surface area contributed by atoms with Crippen molar-refractivity contribution in [1.82, 2.24) is 14.9 Å². The van der Waals surface area contributed by atoms with Crippen molar-refractivity contribution < 1.29 is 9.53 Å². The average molecular weight is 406 g/mol. The summed E-state index contributed by atoms with van der Waals surface area (Å²) in [6.45, 7) is 6.15. The first-order valence-corrected chi connectivity index (χ1v) is 9.48. The first kappa shape index (κ1) is 19.5. The molecule has 1 amide bonds. The number of carbonyl (C=O) groups excluding carboxylic acids is 1. The van der Waals surface area contributed by atoms with Gasteiger partial charge in [0.25, 0.3) is 5.91 Å². The van der Waals surface area contributed by atoms with Gasteiger partial charge in [-0.1, -0.05) is 41.4 Å². The number of nitrogens with one attached hydrogen (secondary N) is 1. The molecule has 0 aliphatic carbocycles. The molecule has 3 rings (SSSR count). The highest BCUT2D eigenvalue weighted by atomic mass is 35.5. The SMILES string of the molecule is CC(Oc1cccc(Cl)c1Cl)C(=O)NCc1nc2ccccc2n1C(C)C. The molecular formula is C20H21Cl2N3O2. The van der Waals surface area contributed by atoms with E-state index in [1.54, 1.807) is 25.1 Å². The predicted octanol–water partition coefficient (Wildman–Crippen LogP) is 5.01. The fourth-order valence-corrected chi connectivity index (χ4v) is 3.26. The van der Waals surface area contributed by atoms with Crippen LogP contribution < -0.4 is 10.1 Å². The molecule has 5 nitrogen and oxygen atoms in total. The van der Waals surface area contributed by atoms with Crippen LogP contribution in [0.5, 0.6) is 5.75 Å². The highest BCUT2D eigenvalue weighted by molar-refractivity contribution is 6.42. The van der Waals surface area contributed by atoms with Gasteiger partial charge in [-0.2, -0.15) is 0 Å². The van der Waals surface area contributed by atoms with E-state index in [0.717, 1.165) is 16.9 Å². The van der Waals surface area contributed by atoms with E-state index in [1.807, 2.05) is 24.3 Å². The molecule has 0 fully saturated rings. The second-order valence-electron chi connectivity index (χ2n) is 6.51. The quantitative estimate of drug-likeness (QED) is 0.626. The van der Waals surface area contributed by atoms with E-state index in [0.29, 0.717) is 22.3 Å². The number of benzene rings is 2. The maximum Gasteiger partial charge on any atom is 0.261 e. The molecule has 2 aromatic carbocycles. The number of nitrogens with zero attached hydrogens (tertiary/aromatic N) is 2. The van der Waals surface area contributed by atoms with Gasteiger partial charge in [-0.3, -0.25) is 4.79 Å². The summed E-state index contributed by atoms with van der Waals surface area (Å²) in [6, 6.07) is 13.2. The Bertz CT molecular complexity index is 969. The van der Waals surface area contributed by atoms with Crippen LogP contribution >= 0.6 is 23.2 Å². The molecule has 1 heterocycles. The Balaban J connectivity index is 1.71. The fraction of sp³-hybridized carbons (Fsp3) is 0.300. The molecule has 3 aromatic rings. The molecule has 27 heavy (non-hydrogen) atoms. The van der Waals surface area contributed by atoms with Crippen molar-refractivity contribution in [3.8, 4) is 5.75 Å². The number of ether oxygens (including phenoxy) is 1. The molecule has 0 spiro atoms. The van der Waals surface area contributed by atoms with E-state index in [9.17, 15) is 4.79 Å². The van der Waals surface area contributed by atoms with Gasteiger partial charge in [0.1, 0.15) is 16.6 Å². The molecule has 0 aliphatic heterocycles. The topological polar surface area (TPSA) is 56.1 Å². The summed E-state index contributed by atoms with van der Waals surface area (Å²) in [7, 11) is 0. The molecule has 0 saturated heterocycles. The summed E-state index contributed by atoms with van der Waals surface area (Å²) in [5.41, 5.74) is 1.96. The van der Waals surface area contributed by atoms with Crippen LogP contribution in [0.2, 0.25) is 10.0 Å². The minimum absolute atomic E-state index is 0.225. The summed E-state index contributed by atoms with van der Waals surface area (Å²) in [4.78, 5) is 17.1. The van der Waals surface area contributed by atoms with E-state index in [2.05, 4.69) is 28.7 Å². The lowest BCUT2D eigenvalue weighted by Gasteiger charge is -2.17. The van der Waals surface area contributed by atoms with Gasteiger partial charge >= 0.3 is 0 Å². The zero-order valence-electron chi connectivity index (χ0n) is 15.4. The zero-order chi connectivity index (χ0) is 19.6. The van der Waals surface area contributed by atoms with Crippen LogP contribution in [0.15, 0.2) is 42.5 Å². The highest BCUT2D eigenvalue weighted by Crippen LogP contribution is 2.32. The molecular weight excluding hydrogens is 385 g/mol. The molecule has 7 heteroatoms. The van der Waals surface area contributed by atoms with E-state index >= 15 is 0 Å². The molecule has 1 N–H and O–H groups in total. The first-order valence-electron chi connectivity index (χ1n) is 8.72. The number of rotatable bonds is 6. The first-order chi connectivity index (χ1) is 12.9. The van der Waals surface area contributed by atoms with Crippen molar-refractivity contribution in [3.05, 3.63) is 58.3 Å². The molecule has 0 bridgehead atoms. The Morgan fingerprint density at radius 2 is 1.89 bits per heavy atom. The van der Waals surface area contributed by atoms with Crippen LogP contribution in [0.25, 0.3) is 11.0 Å². The normalized spacial score (nSPS) is 12.4. The molecule has 1 aromatic heterocycles. The molecule has 0 saturated carbocycles. The van der Waals surface area contributed by atoms with Crippen molar-refractivity contribution in [2.24, 2.45) is 0 Å². The second-order valence-corrected chi connectivity index (χ2v) is 7.30. The van der Waals surface area contributed by atoms with Gasteiger partial charge in [0.05, 0.1) is 22.6 Å². The van der Waals surface area contributed by atoms with Gasteiger partial charge in [-0.25, -0.2) is 4.98 Å². The number of hydrogen-bond donors (Lipinski definition) is 1. The number of imidazole rings is 1. The van der Waals surface area contributed by atoms with Crippen molar-refractivity contribution in [3.63, 3.8) is 0 Å². The highest BCUT2D eigenvalue weighted by Gasteiger charge is 2.19. The molecule has 142 valence electrons. The van der Waals surface area contributed by atoms with Crippen LogP contribution in [0, 0.1) is 0 Å². The third kappa shape index (κ3) is 4.20. The minimum atomic E-state index is -0.724. The standard InChI is InChI=1S/C20H21Cl2N3O2/c1-12(2)25-16-9-5-4-8-15(16)24-18(25)11-23-20(26)13(3)27-17-10-6-7-14(21)19(17)22/h4-10,12-13H,11H2,1-3H3,(H,23,26). The van der Waals surface area contributed by atoms with Crippen LogP contribution in [-0.2, 0) is 11.3 Å². The molecule has 1 unspecified atom stereocenters. The number of amides is 1. The third-order valence-corrected chi connectivity index (χ3v) is 5.00. The number of aromatic nitrogens is 2. The van der Waals surface area contributed by atoms with Gasteiger partial charge in [-0.05, 0) is 45.0 Å². The number of fused-ring (bicyclic) bond motifs is 1. The number of carbonyl (C=O) groups is 1. The Kier molecular flexibility index (Phi) is 5.92. The predicted molar refractivity (Wildman–Crippen MR) is 109 cm³/mol. The van der Waals surface area contributed by atoms with Gasteiger partial charge in [0, 0.05) is 6.04 Å². The molecule has 0 radical (unpaired) electrons. The summed E-state index contributed by atoms with van der Waals surface area (Å²) in [5, 5.41) is 3.56. The summed E-state index contributed by atoms with van der Waals surface area (Å²) >= 11 is 12.1. The number of hydrogen-bond acceptors (Lipinski definition) is 3. The smallest absolute Gasteiger partial charge is 0.261 e. The van der Waals surface area contributed by atoms with Crippen molar-refractivity contribution in [2.75, 3.05) is 0 Å². The van der Waals surface area contributed by atoms with Crippen LogP contribution in [-0.4, -0.2) is 21.6 Å². The lowest BCUT2D eigenvalue weighted by atomic mass is 10.3. The van der Waals surface area contributed by atoms with Crippen LogP contribution in [0.4, 0.5) is 0 Å². The molecule has 0 aliphatic rings. The summed E-state index contributed by atoms with van der Waals surface area (Å²) < 4.78 is 7.78. The largest absolute Gasteiger partial charge is 0.479 e. The Morgan fingerprint density at radius 1 is 1.15 bits per heavy atom. The van der Waals surface area contributed by atoms with Gasteiger partial charge < -0.3 is 14.6 Å². The molecule has 1 atom stereocenters. The van der Waals surface area contributed by atoms with E-state index in [1.165, 1.54) is 0 Å². The second kappa shape index (κ2) is 8.19. The van der Waals surface area contributed by atoms with Crippen LogP contribution in [0.1, 0.15) is 32.6 Å². The fourth-order valence-electron chi connectivity index (χ4n) is 2.92. The lowest BCUT2D eigenvalue weighted by molar-refractivity contribution is -0.127. The number of halogens is 2. The minimum Gasteiger partial charge on any atom is -0.479 e. The van der Waals surface area contributed by atoms with Crippen molar-refractivity contribution in [2.45, 2.75) is 39.5 Å². The zero-order valence-corrected chi connectivity index (χ0v) is 16.9. The monoisotopic (exact) mass is 405 g/mol. The summed E-state index contributed by atoms with van der Waals surface area (Å²) in [6.07, 6.45) is -0.724. The third-order valence-electron chi connectivity index (χ3n) is 4.20. The number of para-hydroxylation sites is 2. The van der Waals surface area contributed by atoms with E-state index in [4.69, 9.17) is 27.9 Å². The Hall–Kier alpha value is -2.24. The van der Waals surface area contributed by atoms with Crippen molar-refractivity contribution >= 4 is 40.1 Å². The maximum absolute atomic E-state index is 12.5. The van der Waals surface area contributed by atoms with E-state index in [-0.39, 0.29) is 11.9 Å². The maximum atomic E-state index is 12.5. The average Bonchev–Trinajstić information content (AvgIpc) is 3.02. The van der Waals surface area contributed by atoms with E-state index < -0.39 is 6.10 Å². The van der Waals surface area contributed by atoms with Gasteiger partial charge in [0.15, 0.2) is 6.10 Å². The Labute approximate surface area is 168 Å². The summed E-state index contributed by atoms with van der Waals surface area (Å²) in [5.74, 6) is 0.919. The lowest BCUT2D eigenvalue weighted by Crippen LogP contribution is -2.36. The van der Waals surface area contributed by atoms with Gasteiger partial charge in [-0.15, -0.1) is 0 Å². The Morgan fingerprint density at radius 3 is 2.63 bits per heavy atom. The van der Waals surface area contributed by atoms with Crippen molar-refractivity contribution in [1.29, 1.82) is 0 Å². The van der Waals surface area contributed by atoms with Crippen LogP contribution in [0.3, 0.4) is 0 Å². The van der Waals surface area contributed by atoms with Gasteiger partial charge in [0.2, 0.25) is 0 Å².